The van der Waals surface area contributed by atoms with Crippen molar-refractivity contribution in [3.8, 4) is 0 Å². The highest BCUT2D eigenvalue weighted by Crippen LogP contribution is 2.09. The second-order valence-corrected chi connectivity index (χ2v) is 4.95. The maximum absolute atomic E-state index is 4.58. The Bertz CT molecular complexity index is 349. The largest absolute Gasteiger partial charge is 0.311 e. The van der Waals surface area contributed by atoms with Crippen LogP contribution >= 0.6 is 0 Å². The Kier molecular flexibility index (Phi) is 4.51. The van der Waals surface area contributed by atoms with Gasteiger partial charge in [-0.25, -0.2) is 0 Å². The third-order valence-electron chi connectivity index (χ3n) is 3.31. The van der Waals surface area contributed by atoms with Crippen LogP contribution in [0.1, 0.15) is 31.2 Å². The summed E-state index contributed by atoms with van der Waals surface area (Å²) in [5, 5.41) is 3.59. The summed E-state index contributed by atoms with van der Waals surface area (Å²) in [4.78, 5) is 7.09. The molecule has 1 aliphatic heterocycles. The lowest BCUT2D eigenvalue weighted by atomic mass is 10.1. The summed E-state index contributed by atoms with van der Waals surface area (Å²) in [6, 6.07) is 6.95. The molecule has 0 saturated carbocycles. The fraction of sp³-hybridized carbons (Fsp3) is 0.643. The second-order valence-electron chi connectivity index (χ2n) is 4.95. The fourth-order valence-corrected chi connectivity index (χ4v) is 2.50. The first kappa shape index (κ1) is 12.5. The van der Waals surface area contributed by atoms with Gasteiger partial charge in [0.1, 0.15) is 0 Å². The van der Waals surface area contributed by atoms with Crippen LogP contribution < -0.4 is 5.32 Å². The van der Waals surface area contributed by atoms with E-state index in [2.05, 4.69) is 47.2 Å². The monoisotopic (exact) mass is 233 g/mol. The van der Waals surface area contributed by atoms with E-state index in [-0.39, 0.29) is 0 Å². The minimum atomic E-state index is 0.665. The van der Waals surface area contributed by atoms with E-state index in [0.29, 0.717) is 6.04 Å². The van der Waals surface area contributed by atoms with Crippen molar-refractivity contribution in [2.45, 2.75) is 39.3 Å². The third kappa shape index (κ3) is 3.79. The van der Waals surface area contributed by atoms with E-state index in [0.717, 1.165) is 31.9 Å². The Hall–Kier alpha value is -0.930. The van der Waals surface area contributed by atoms with Gasteiger partial charge < -0.3 is 5.32 Å². The Labute approximate surface area is 104 Å². The molecule has 1 aliphatic rings. The van der Waals surface area contributed by atoms with Crippen LogP contribution in [0.25, 0.3) is 0 Å². The van der Waals surface area contributed by atoms with Crippen molar-refractivity contribution in [3.05, 3.63) is 29.6 Å². The van der Waals surface area contributed by atoms with Gasteiger partial charge in [-0.05, 0) is 25.5 Å². The topological polar surface area (TPSA) is 28.2 Å². The van der Waals surface area contributed by atoms with Crippen LogP contribution in [0.2, 0.25) is 0 Å². The molecule has 2 heterocycles. The van der Waals surface area contributed by atoms with Crippen molar-refractivity contribution in [1.82, 2.24) is 15.2 Å². The lowest BCUT2D eigenvalue weighted by Crippen LogP contribution is -2.50. The summed E-state index contributed by atoms with van der Waals surface area (Å²) in [5.74, 6) is 0. The normalized spacial score (nSPS) is 21.6. The molecular formula is C14H23N3. The molecule has 1 unspecified atom stereocenters. The molecule has 1 aromatic heterocycles. The molecule has 1 aromatic rings. The molecule has 1 N–H and O–H groups in total. The fourth-order valence-electron chi connectivity index (χ4n) is 2.50. The quantitative estimate of drug-likeness (QED) is 0.861. The Balaban J connectivity index is 1.90. The van der Waals surface area contributed by atoms with E-state index in [1.54, 1.807) is 0 Å². The number of pyridine rings is 1. The van der Waals surface area contributed by atoms with E-state index >= 15 is 0 Å². The van der Waals surface area contributed by atoms with Crippen LogP contribution in [0, 0.1) is 6.92 Å². The molecule has 0 aromatic carbocycles. The third-order valence-corrected chi connectivity index (χ3v) is 3.31. The summed E-state index contributed by atoms with van der Waals surface area (Å²) in [7, 11) is 0. The van der Waals surface area contributed by atoms with Gasteiger partial charge in [0.05, 0.1) is 5.69 Å². The molecule has 0 aliphatic carbocycles. The van der Waals surface area contributed by atoms with Crippen LogP contribution in [0.5, 0.6) is 0 Å². The van der Waals surface area contributed by atoms with E-state index in [4.69, 9.17) is 0 Å². The number of aromatic nitrogens is 1. The zero-order valence-corrected chi connectivity index (χ0v) is 10.9. The first-order valence-electron chi connectivity index (χ1n) is 6.66. The number of nitrogens with one attached hydrogen (secondary N) is 1. The van der Waals surface area contributed by atoms with Crippen molar-refractivity contribution in [1.29, 1.82) is 0 Å². The standard InChI is InChI=1S/C14H23N3/c1-3-5-13-10-17(9-8-15-13)11-14-7-4-6-12(2)16-14/h4,6-7,13,15H,3,5,8-11H2,1-2H3. The highest BCUT2D eigenvalue weighted by Gasteiger charge is 2.18. The lowest BCUT2D eigenvalue weighted by molar-refractivity contribution is 0.185. The van der Waals surface area contributed by atoms with E-state index < -0.39 is 0 Å². The number of rotatable bonds is 4. The molecule has 0 spiro atoms. The van der Waals surface area contributed by atoms with Gasteiger partial charge in [0, 0.05) is 37.9 Å². The van der Waals surface area contributed by atoms with E-state index in [1.165, 1.54) is 18.5 Å². The molecule has 1 fully saturated rings. The first-order chi connectivity index (χ1) is 8.28. The molecule has 17 heavy (non-hydrogen) atoms. The van der Waals surface area contributed by atoms with Crippen LogP contribution in [-0.4, -0.2) is 35.6 Å². The molecule has 3 heteroatoms. The number of piperazine rings is 1. The summed E-state index contributed by atoms with van der Waals surface area (Å²) in [6.07, 6.45) is 2.53. The van der Waals surface area contributed by atoms with Crippen LogP contribution in [0.15, 0.2) is 18.2 Å². The number of nitrogens with zero attached hydrogens (tertiary/aromatic N) is 2. The highest BCUT2D eigenvalue weighted by atomic mass is 15.2. The van der Waals surface area contributed by atoms with Gasteiger partial charge in [-0.15, -0.1) is 0 Å². The van der Waals surface area contributed by atoms with Gasteiger partial charge in [-0.3, -0.25) is 9.88 Å². The highest BCUT2D eigenvalue weighted by molar-refractivity contribution is 5.09. The van der Waals surface area contributed by atoms with E-state index in [1.807, 2.05) is 0 Å². The molecule has 0 radical (unpaired) electrons. The van der Waals surface area contributed by atoms with Crippen LogP contribution in [-0.2, 0) is 6.54 Å². The van der Waals surface area contributed by atoms with E-state index in [9.17, 15) is 0 Å². The summed E-state index contributed by atoms with van der Waals surface area (Å²) in [6.45, 7) is 8.70. The molecular weight excluding hydrogens is 210 g/mol. The van der Waals surface area contributed by atoms with Crippen molar-refractivity contribution < 1.29 is 0 Å². The maximum Gasteiger partial charge on any atom is 0.0547 e. The second kappa shape index (κ2) is 6.12. The van der Waals surface area contributed by atoms with Gasteiger partial charge in [0.25, 0.3) is 0 Å². The van der Waals surface area contributed by atoms with Gasteiger partial charge in [-0.2, -0.15) is 0 Å². The van der Waals surface area contributed by atoms with Crippen molar-refractivity contribution >= 4 is 0 Å². The summed E-state index contributed by atoms with van der Waals surface area (Å²) >= 11 is 0. The van der Waals surface area contributed by atoms with Crippen molar-refractivity contribution in [3.63, 3.8) is 0 Å². The first-order valence-corrected chi connectivity index (χ1v) is 6.66. The predicted molar refractivity (Wildman–Crippen MR) is 70.9 cm³/mol. The predicted octanol–water partition coefficient (Wildman–Crippen LogP) is 1.96. The molecule has 1 saturated heterocycles. The molecule has 94 valence electrons. The summed E-state index contributed by atoms with van der Waals surface area (Å²) < 4.78 is 0. The number of hydrogen-bond donors (Lipinski definition) is 1. The van der Waals surface area contributed by atoms with Gasteiger partial charge in [0.15, 0.2) is 0 Å². The molecule has 0 amide bonds. The smallest absolute Gasteiger partial charge is 0.0547 e. The van der Waals surface area contributed by atoms with Gasteiger partial charge in [-0.1, -0.05) is 19.4 Å². The molecule has 1 atom stereocenters. The average Bonchev–Trinajstić information content (AvgIpc) is 2.30. The minimum absolute atomic E-state index is 0.665. The number of aryl methyl sites for hydroxylation is 1. The minimum Gasteiger partial charge on any atom is -0.311 e. The SMILES string of the molecule is CCCC1CN(Cc2cccc(C)n2)CCN1. The zero-order chi connectivity index (χ0) is 12.1. The lowest BCUT2D eigenvalue weighted by Gasteiger charge is -2.33. The maximum atomic E-state index is 4.58. The Morgan fingerprint density at radius 1 is 1.47 bits per heavy atom. The number of hydrogen-bond acceptors (Lipinski definition) is 3. The zero-order valence-electron chi connectivity index (χ0n) is 10.9. The Morgan fingerprint density at radius 2 is 2.35 bits per heavy atom. The molecule has 0 bridgehead atoms. The van der Waals surface area contributed by atoms with Crippen molar-refractivity contribution in [2.24, 2.45) is 0 Å². The van der Waals surface area contributed by atoms with Gasteiger partial charge >= 0.3 is 0 Å². The van der Waals surface area contributed by atoms with Crippen molar-refractivity contribution in [2.75, 3.05) is 19.6 Å². The average molecular weight is 233 g/mol. The Morgan fingerprint density at radius 3 is 3.12 bits per heavy atom. The van der Waals surface area contributed by atoms with Crippen LogP contribution in [0.3, 0.4) is 0 Å². The van der Waals surface area contributed by atoms with Gasteiger partial charge in [0.2, 0.25) is 0 Å². The molecule has 2 rings (SSSR count). The molecule has 3 nitrogen and oxygen atoms in total. The van der Waals surface area contributed by atoms with Crippen LogP contribution in [0.4, 0.5) is 0 Å². The summed E-state index contributed by atoms with van der Waals surface area (Å²) in [5.41, 5.74) is 2.31.